The van der Waals surface area contributed by atoms with Gasteiger partial charge in [0.1, 0.15) is 0 Å². The molecule has 0 aliphatic carbocycles. The minimum atomic E-state index is -1.02. The first kappa shape index (κ1) is 18.4. The molecule has 3 rings (SSSR count). The van der Waals surface area contributed by atoms with Crippen molar-refractivity contribution in [3.05, 3.63) is 54.4 Å². The topological polar surface area (TPSA) is 71.9 Å². The lowest BCUT2D eigenvalue weighted by molar-refractivity contribution is 0.00578. The lowest BCUT2D eigenvalue weighted by Crippen LogP contribution is -2.41. The summed E-state index contributed by atoms with van der Waals surface area (Å²) in [5, 5.41) is 9.56. The van der Waals surface area contributed by atoms with Gasteiger partial charge in [-0.3, -0.25) is 9.88 Å². The van der Waals surface area contributed by atoms with Crippen LogP contribution in [0.25, 0.3) is 0 Å². The smallest absolute Gasteiger partial charge is 0.465 e. The first-order valence-corrected chi connectivity index (χ1v) is 8.54. The van der Waals surface area contributed by atoms with Crippen LogP contribution in [0.15, 0.2) is 48.8 Å². The van der Waals surface area contributed by atoms with Crippen LogP contribution in [0.4, 0.5) is 10.5 Å². The number of pyridine rings is 1. The van der Waals surface area contributed by atoms with Gasteiger partial charge in [0.15, 0.2) is 0 Å². The number of amides is 1. The van der Waals surface area contributed by atoms with Crippen molar-refractivity contribution < 1.29 is 19.2 Å². The average Bonchev–Trinajstić information content (AvgIpc) is 2.81. The van der Waals surface area contributed by atoms with Gasteiger partial charge >= 0.3 is 13.2 Å². The van der Waals surface area contributed by atoms with E-state index in [4.69, 9.17) is 9.31 Å². The molecule has 7 heteroatoms. The highest BCUT2D eigenvalue weighted by Crippen LogP contribution is 2.36. The van der Waals surface area contributed by atoms with E-state index >= 15 is 0 Å². The second-order valence-electron chi connectivity index (χ2n) is 7.41. The van der Waals surface area contributed by atoms with Crippen molar-refractivity contribution in [3.8, 4) is 0 Å². The van der Waals surface area contributed by atoms with E-state index in [0.29, 0.717) is 5.69 Å². The number of carboxylic acid groups (broad SMARTS) is 1. The molecule has 136 valence electrons. The monoisotopic (exact) mass is 354 g/mol. The van der Waals surface area contributed by atoms with Gasteiger partial charge in [0.05, 0.1) is 17.7 Å². The van der Waals surface area contributed by atoms with E-state index in [-0.39, 0.29) is 6.54 Å². The van der Waals surface area contributed by atoms with E-state index in [9.17, 15) is 9.90 Å². The molecule has 1 fully saturated rings. The Bertz CT molecular complexity index is 762. The standard InChI is InChI=1S/C19H23BN2O4/c1-18(2)19(3,4)26-20(25-18)15-7-9-16(10-8-15)22(17(23)24)13-14-6-5-11-21-12-14/h5-12H,13H2,1-4H3,(H,23,24). The van der Waals surface area contributed by atoms with E-state index in [1.165, 1.54) is 4.90 Å². The third-order valence-electron chi connectivity index (χ3n) is 5.02. The van der Waals surface area contributed by atoms with Gasteiger partial charge in [-0.05, 0) is 56.9 Å². The first-order valence-electron chi connectivity index (χ1n) is 8.54. The Morgan fingerprint density at radius 3 is 2.23 bits per heavy atom. The quantitative estimate of drug-likeness (QED) is 0.855. The van der Waals surface area contributed by atoms with Crippen molar-refractivity contribution in [2.75, 3.05) is 4.90 Å². The van der Waals surface area contributed by atoms with Gasteiger partial charge in [-0.15, -0.1) is 0 Å². The highest BCUT2D eigenvalue weighted by Gasteiger charge is 2.51. The van der Waals surface area contributed by atoms with Crippen molar-refractivity contribution in [2.45, 2.75) is 45.4 Å². The number of rotatable bonds is 4. The molecule has 0 unspecified atom stereocenters. The van der Waals surface area contributed by atoms with E-state index in [1.807, 2.05) is 45.9 Å². The molecule has 6 nitrogen and oxygen atoms in total. The lowest BCUT2D eigenvalue weighted by Gasteiger charge is -2.32. The second kappa shape index (κ2) is 6.74. The van der Waals surface area contributed by atoms with E-state index < -0.39 is 24.4 Å². The molecular formula is C19H23BN2O4. The molecule has 0 saturated carbocycles. The normalized spacial score (nSPS) is 17.9. The zero-order valence-electron chi connectivity index (χ0n) is 15.5. The Morgan fingerprint density at radius 2 is 1.73 bits per heavy atom. The van der Waals surface area contributed by atoms with Gasteiger partial charge in [0, 0.05) is 18.1 Å². The lowest BCUT2D eigenvalue weighted by atomic mass is 9.79. The molecule has 1 N–H and O–H groups in total. The van der Waals surface area contributed by atoms with Gasteiger partial charge in [-0.2, -0.15) is 0 Å². The maximum Gasteiger partial charge on any atom is 0.494 e. The van der Waals surface area contributed by atoms with Crippen molar-refractivity contribution >= 4 is 24.4 Å². The maximum absolute atomic E-state index is 11.7. The molecule has 26 heavy (non-hydrogen) atoms. The van der Waals surface area contributed by atoms with Crippen molar-refractivity contribution in [3.63, 3.8) is 0 Å². The molecular weight excluding hydrogens is 331 g/mol. The molecule has 0 atom stereocenters. The Labute approximate surface area is 153 Å². The third kappa shape index (κ3) is 3.59. The molecule has 1 aromatic carbocycles. The molecule has 0 spiro atoms. The Balaban J connectivity index is 1.79. The first-order chi connectivity index (χ1) is 12.2. The molecule has 2 aromatic rings. The largest absolute Gasteiger partial charge is 0.494 e. The predicted octanol–water partition coefficient (Wildman–Crippen LogP) is 3.07. The highest BCUT2D eigenvalue weighted by atomic mass is 16.7. The fourth-order valence-electron chi connectivity index (χ4n) is 2.73. The molecule has 2 heterocycles. The summed E-state index contributed by atoms with van der Waals surface area (Å²) in [6.45, 7) is 8.24. The van der Waals surface area contributed by atoms with Crippen LogP contribution in [0, 0.1) is 0 Å². The van der Waals surface area contributed by atoms with Gasteiger partial charge in [0.25, 0.3) is 0 Å². The minimum Gasteiger partial charge on any atom is -0.465 e. The number of carbonyl (C=O) groups is 1. The molecule has 0 bridgehead atoms. The van der Waals surface area contributed by atoms with Crippen LogP contribution in [0.1, 0.15) is 33.3 Å². The number of benzene rings is 1. The third-order valence-corrected chi connectivity index (χ3v) is 5.02. The summed E-state index contributed by atoms with van der Waals surface area (Å²) < 4.78 is 12.1. The number of hydrogen-bond donors (Lipinski definition) is 1. The maximum atomic E-state index is 11.7. The van der Waals surface area contributed by atoms with Crippen LogP contribution >= 0.6 is 0 Å². The van der Waals surface area contributed by atoms with Crippen LogP contribution in [0.3, 0.4) is 0 Å². The number of anilines is 1. The van der Waals surface area contributed by atoms with Crippen LogP contribution < -0.4 is 10.4 Å². The van der Waals surface area contributed by atoms with Gasteiger partial charge < -0.3 is 14.4 Å². The number of nitrogens with zero attached hydrogens (tertiary/aromatic N) is 2. The fraction of sp³-hybridized carbons (Fsp3) is 0.368. The SMILES string of the molecule is CC1(C)OB(c2ccc(N(Cc3cccnc3)C(=O)O)cc2)OC1(C)C. The Morgan fingerprint density at radius 1 is 1.12 bits per heavy atom. The van der Waals surface area contributed by atoms with Crippen LogP contribution in [-0.4, -0.2) is 34.5 Å². The van der Waals surface area contributed by atoms with Crippen LogP contribution in [-0.2, 0) is 15.9 Å². The highest BCUT2D eigenvalue weighted by molar-refractivity contribution is 6.62. The van der Waals surface area contributed by atoms with E-state index in [2.05, 4.69) is 4.98 Å². The number of aromatic nitrogens is 1. The second-order valence-corrected chi connectivity index (χ2v) is 7.41. The zero-order valence-corrected chi connectivity index (χ0v) is 15.5. The minimum absolute atomic E-state index is 0.235. The zero-order chi connectivity index (χ0) is 18.9. The van der Waals surface area contributed by atoms with Crippen molar-refractivity contribution in [2.24, 2.45) is 0 Å². The molecule has 1 aromatic heterocycles. The molecule has 0 radical (unpaired) electrons. The van der Waals surface area contributed by atoms with Gasteiger partial charge in [-0.1, -0.05) is 18.2 Å². The van der Waals surface area contributed by atoms with Crippen LogP contribution in [0.2, 0.25) is 0 Å². The Hall–Kier alpha value is -2.38. The van der Waals surface area contributed by atoms with Crippen molar-refractivity contribution in [1.29, 1.82) is 0 Å². The van der Waals surface area contributed by atoms with E-state index in [0.717, 1.165) is 11.0 Å². The number of hydrogen-bond acceptors (Lipinski definition) is 4. The van der Waals surface area contributed by atoms with E-state index in [1.54, 1.807) is 30.6 Å². The van der Waals surface area contributed by atoms with Gasteiger partial charge in [0.2, 0.25) is 0 Å². The summed E-state index contributed by atoms with van der Waals surface area (Å²) >= 11 is 0. The van der Waals surface area contributed by atoms with Crippen molar-refractivity contribution in [1.82, 2.24) is 4.98 Å². The molecule has 1 amide bonds. The Kier molecular flexibility index (Phi) is 4.77. The molecule has 1 saturated heterocycles. The van der Waals surface area contributed by atoms with Gasteiger partial charge in [-0.25, -0.2) is 4.79 Å². The summed E-state index contributed by atoms with van der Waals surface area (Å²) in [7, 11) is -0.467. The fourth-order valence-corrected chi connectivity index (χ4v) is 2.73. The average molecular weight is 354 g/mol. The van der Waals surface area contributed by atoms with Crippen LogP contribution in [0.5, 0.6) is 0 Å². The summed E-state index contributed by atoms with van der Waals surface area (Å²) in [6, 6.07) is 10.9. The summed E-state index contributed by atoms with van der Waals surface area (Å²) in [4.78, 5) is 17.0. The molecule has 1 aliphatic rings. The summed E-state index contributed by atoms with van der Waals surface area (Å²) in [5.74, 6) is 0. The predicted molar refractivity (Wildman–Crippen MR) is 101 cm³/mol. The summed E-state index contributed by atoms with van der Waals surface area (Å²) in [5.41, 5.74) is 1.44. The summed E-state index contributed by atoms with van der Waals surface area (Å²) in [6.07, 6.45) is 2.31. The molecule has 1 aliphatic heterocycles.